The Morgan fingerprint density at radius 1 is 1.07 bits per heavy atom. The third-order valence-electron chi connectivity index (χ3n) is 5.70. The molecule has 2 aliphatic rings. The van der Waals surface area contributed by atoms with Crippen molar-refractivity contribution in [3.05, 3.63) is 28.8 Å². The summed E-state index contributed by atoms with van der Waals surface area (Å²) in [4.78, 5) is 27.0. The summed E-state index contributed by atoms with van der Waals surface area (Å²) in [5.41, 5.74) is 0.203. The molecule has 154 valence electrons. The number of benzene rings is 1. The average Bonchev–Trinajstić information content (AvgIpc) is 2.68. The van der Waals surface area contributed by atoms with Crippen molar-refractivity contribution >= 4 is 33.3 Å². The highest BCUT2D eigenvalue weighted by Crippen LogP contribution is 2.26. The lowest BCUT2D eigenvalue weighted by atomic mass is 9.88. The molecule has 6 nitrogen and oxygen atoms in total. The van der Waals surface area contributed by atoms with Crippen LogP contribution < -0.4 is 5.32 Å². The summed E-state index contributed by atoms with van der Waals surface area (Å²) < 4.78 is 23.5. The van der Waals surface area contributed by atoms with Crippen LogP contribution in [-0.2, 0) is 14.6 Å². The summed E-state index contributed by atoms with van der Waals surface area (Å²) in [5.74, 6) is 0.00637. The fourth-order valence-corrected chi connectivity index (χ4v) is 4.83. The van der Waals surface area contributed by atoms with Gasteiger partial charge in [-0.2, -0.15) is 0 Å². The van der Waals surface area contributed by atoms with Crippen LogP contribution in [0.2, 0.25) is 5.02 Å². The molecule has 0 spiro atoms. The number of carbonyl (C=O) groups is 2. The van der Waals surface area contributed by atoms with Gasteiger partial charge in [0.05, 0.1) is 15.5 Å². The molecule has 1 aliphatic heterocycles. The summed E-state index contributed by atoms with van der Waals surface area (Å²) >= 11 is 6.14. The van der Waals surface area contributed by atoms with E-state index in [1.54, 1.807) is 4.90 Å². The van der Waals surface area contributed by atoms with Gasteiger partial charge in [-0.25, -0.2) is 8.42 Å². The molecule has 0 atom stereocenters. The van der Waals surface area contributed by atoms with Crippen molar-refractivity contribution in [1.82, 2.24) is 10.2 Å². The summed E-state index contributed by atoms with van der Waals surface area (Å²) in [6.07, 6.45) is 7.88. The zero-order valence-electron chi connectivity index (χ0n) is 16.1. The Hall–Kier alpha value is -1.60. The van der Waals surface area contributed by atoms with E-state index in [0.717, 1.165) is 31.9 Å². The largest absolute Gasteiger partial charge is 0.353 e. The van der Waals surface area contributed by atoms with Gasteiger partial charge in [0.2, 0.25) is 5.91 Å². The van der Waals surface area contributed by atoms with Crippen molar-refractivity contribution in [3.8, 4) is 0 Å². The number of sulfone groups is 1. The van der Waals surface area contributed by atoms with Crippen LogP contribution in [0.3, 0.4) is 0 Å². The first-order valence-electron chi connectivity index (χ1n) is 9.85. The van der Waals surface area contributed by atoms with Crippen LogP contribution in [0.25, 0.3) is 0 Å². The molecule has 0 bridgehead atoms. The van der Waals surface area contributed by atoms with Crippen molar-refractivity contribution in [3.63, 3.8) is 0 Å². The molecule has 1 heterocycles. The second kappa shape index (κ2) is 8.82. The number of nitrogens with one attached hydrogen (secondary N) is 1. The molecule has 1 saturated heterocycles. The Morgan fingerprint density at radius 2 is 1.71 bits per heavy atom. The molecule has 28 heavy (non-hydrogen) atoms. The molecule has 0 radical (unpaired) electrons. The summed E-state index contributed by atoms with van der Waals surface area (Å²) in [6, 6.07) is 4.28. The average molecular weight is 427 g/mol. The number of piperidine rings is 1. The third-order valence-corrected chi connectivity index (χ3v) is 7.14. The van der Waals surface area contributed by atoms with E-state index in [1.807, 2.05) is 0 Å². The third kappa shape index (κ3) is 5.06. The molecule has 2 amide bonds. The van der Waals surface area contributed by atoms with E-state index >= 15 is 0 Å². The van der Waals surface area contributed by atoms with Gasteiger partial charge in [0.15, 0.2) is 9.84 Å². The minimum absolute atomic E-state index is 0.0786. The van der Waals surface area contributed by atoms with Gasteiger partial charge in [-0.1, -0.05) is 30.9 Å². The molecule has 3 rings (SSSR count). The highest BCUT2D eigenvalue weighted by atomic mass is 35.5. The Morgan fingerprint density at radius 3 is 2.32 bits per heavy atom. The van der Waals surface area contributed by atoms with E-state index in [1.165, 1.54) is 24.6 Å². The topological polar surface area (TPSA) is 83.6 Å². The van der Waals surface area contributed by atoms with Gasteiger partial charge in [-0.15, -0.1) is 0 Å². The maximum atomic E-state index is 12.8. The van der Waals surface area contributed by atoms with Crippen molar-refractivity contribution in [2.75, 3.05) is 19.3 Å². The molecular weight excluding hydrogens is 400 g/mol. The number of rotatable bonds is 4. The van der Waals surface area contributed by atoms with E-state index in [2.05, 4.69) is 5.32 Å². The van der Waals surface area contributed by atoms with Gasteiger partial charge >= 0.3 is 0 Å². The van der Waals surface area contributed by atoms with Gasteiger partial charge in [-0.3, -0.25) is 9.59 Å². The van der Waals surface area contributed by atoms with Crippen LogP contribution in [0, 0.1) is 5.92 Å². The molecule has 1 saturated carbocycles. The second-order valence-electron chi connectivity index (χ2n) is 7.82. The van der Waals surface area contributed by atoms with Crippen LogP contribution in [-0.4, -0.2) is 50.5 Å². The predicted molar refractivity (Wildman–Crippen MR) is 108 cm³/mol. The Bertz CT molecular complexity index is 842. The standard InChI is InChI=1S/C20H27ClN2O4S/c1-28(26,27)16-7-8-18(21)17(13-16)20(25)23-11-9-15(10-12-23)22-19(24)14-5-3-2-4-6-14/h7-8,13-15H,2-6,9-12H2,1H3,(H,22,24). The van der Waals surface area contributed by atoms with E-state index in [0.29, 0.717) is 25.9 Å². The van der Waals surface area contributed by atoms with Gasteiger partial charge < -0.3 is 10.2 Å². The first kappa shape index (κ1) is 21.1. The zero-order chi connectivity index (χ0) is 20.3. The fraction of sp³-hybridized carbons (Fsp3) is 0.600. The van der Waals surface area contributed by atoms with Crippen molar-refractivity contribution in [1.29, 1.82) is 0 Å². The minimum atomic E-state index is -3.42. The lowest BCUT2D eigenvalue weighted by molar-refractivity contribution is -0.126. The van der Waals surface area contributed by atoms with E-state index in [-0.39, 0.29) is 39.3 Å². The van der Waals surface area contributed by atoms with Crippen molar-refractivity contribution < 1.29 is 18.0 Å². The molecule has 1 aromatic carbocycles. The molecule has 8 heteroatoms. The highest BCUT2D eigenvalue weighted by molar-refractivity contribution is 7.90. The van der Waals surface area contributed by atoms with Crippen LogP contribution >= 0.6 is 11.6 Å². The highest BCUT2D eigenvalue weighted by Gasteiger charge is 2.28. The normalized spacial score (nSPS) is 19.4. The van der Waals surface area contributed by atoms with Crippen LogP contribution in [0.5, 0.6) is 0 Å². The minimum Gasteiger partial charge on any atom is -0.353 e. The molecular formula is C20H27ClN2O4S. The summed E-state index contributed by atoms with van der Waals surface area (Å²) in [7, 11) is -3.42. The fourth-order valence-electron chi connectivity index (χ4n) is 3.98. The van der Waals surface area contributed by atoms with E-state index in [4.69, 9.17) is 11.6 Å². The Balaban J connectivity index is 1.59. The SMILES string of the molecule is CS(=O)(=O)c1ccc(Cl)c(C(=O)N2CCC(NC(=O)C3CCCCC3)CC2)c1. The van der Waals surface area contributed by atoms with Gasteiger partial charge in [0, 0.05) is 31.3 Å². The van der Waals surface area contributed by atoms with Crippen LogP contribution in [0.4, 0.5) is 0 Å². The molecule has 1 aromatic rings. The summed E-state index contributed by atoms with van der Waals surface area (Å²) in [6.45, 7) is 1.02. The number of amides is 2. The van der Waals surface area contributed by atoms with Crippen molar-refractivity contribution in [2.24, 2.45) is 5.92 Å². The monoisotopic (exact) mass is 426 g/mol. The Kier molecular flexibility index (Phi) is 6.65. The number of hydrogen-bond acceptors (Lipinski definition) is 4. The molecule has 1 aliphatic carbocycles. The maximum Gasteiger partial charge on any atom is 0.255 e. The molecule has 1 N–H and O–H groups in total. The van der Waals surface area contributed by atoms with E-state index in [9.17, 15) is 18.0 Å². The molecule has 2 fully saturated rings. The zero-order valence-corrected chi connectivity index (χ0v) is 17.7. The molecule has 0 aromatic heterocycles. The number of carbonyl (C=O) groups excluding carboxylic acids is 2. The van der Waals surface area contributed by atoms with Crippen LogP contribution in [0.1, 0.15) is 55.3 Å². The Labute approximate surface area is 171 Å². The lowest BCUT2D eigenvalue weighted by Crippen LogP contribution is -2.48. The number of nitrogens with zero attached hydrogens (tertiary/aromatic N) is 1. The quantitative estimate of drug-likeness (QED) is 0.801. The lowest BCUT2D eigenvalue weighted by Gasteiger charge is -2.33. The van der Waals surface area contributed by atoms with Crippen molar-refractivity contribution in [2.45, 2.75) is 55.9 Å². The molecule has 0 unspecified atom stereocenters. The number of halogens is 1. The van der Waals surface area contributed by atoms with Gasteiger partial charge in [-0.05, 0) is 43.9 Å². The van der Waals surface area contributed by atoms with Crippen LogP contribution in [0.15, 0.2) is 23.1 Å². The van der Waals surface area contributed by atoms with Gasteiger partial charge in [0.25, 0.3) is 5.91 Å². The second-order valence-corrected chi connectivity index (χ2v) is 10.2. The first-order valence-corrected chi connectivity index (χ1v) is 12.1. The summed E-state index contributed by atoms with van der Waals surface area (Å²) in [5, 5.41) is 3.39. The van der Waals surface area contributed by atoms with Gasteiger partial charge in [0.1, 0.15) is 0 Å². The smallest absolute Gasteiger partial charge is 0.255 e. The number of likely N-dealkylation sites (tertiary alicyclic amines) is 1. The maximum absolute atomic E-state index is 12.8. The number of hydrogen-bond donors (Lipinski definition) is 1. The predicted octanol–water partition coefficient (Wildman–Crippen LogP) is 3.04. The first-order chi connectivity index (χ1) is 13.3. The van der Waals surface area contributed by atoms with E-state index < -0.39 is 9.84 Å².